The van der Waals surface area contributed by atoms with Crippen LogP contribution in [0.4, 0.5) is 10.5 Å². The van der Waals surface area contributed by atoms with E-state index in [1.54, 1.807) is 24.3 Å². The van der Waals surface area contributed by atoms with Gasteiger partial charge in [-0.15, -0.1) is 12.4 Å². The Balaban J connectivity index is 0.00000288. The fourth-order valence-corrected chi connectivity index (χ4v) is 2.59. The van der Waals surface area contributed by atoms with Gasteiger partial charge in [-0.3, -0.25) is 14.9 Å². The van der Waals surface area contributed by atoms with Crippen molar-refractivity contribution in [3.63, 3.8) is 0 Å². The van der Waals surface area contributed by atoms with Gasteiger partial charge in [-0.1, -0.05) is 18.2 Å². The van der Waals surface area contributed by atoms with Crippen LogP contribution in [0.15, 0.2) is 30.3 Å². The Labute approximate surface area is 146 Å². The highest BCUT2D eigenvalue weighted by molar-refractivity contribution is 6.01. The van der Waals surface area contributed by atoms with Gasteiger partial charge in [0.05, 0.1) is 5.92 Å². The fraction of sp³-hybridized carbons (Fsp3) is 0.438. The van der Waals surface area contributed by atoms with E-state index in [1.807, 2.05) is 11.0 Å². The smallest absolute Gasteiger partial charge is 0.325 e. The van der Waals surface area contributed by atoms with Crippen LogP contribution >= 0.6 is 12.4 Å². The molecule has 0 spiro atoms. The molecule has 3 N–H and O–H groups in total. The SMILES string of the molecule is Cl.O=C(CCN1CCCC(C(=O)O)C1)NC(=O)Nc1ccccc1. The summed E-state index contributed by atoms with van der Waals surface area (Å²) in [7, 11) is 0. The first kappa shape index (κ1) is 19.9. The van der Waals surface area contributed by atoms with E-state index in [2.05, 4.69) is 10.6 Å². The lowest BCUT2D eigenvalue weighted by Gasteiger charge is -2.30. The summed E-state index contributed by atoms with van der Waals surface area (Å²) in [5, 5.41) is 13.9. The normalized spacial score (nSPS) is 17.4. The lowest BCUT2D eigenvalue weighted by molar-refractivity contribution is -0.143. The number of hydrogen-bond donors (Lipinski definition) is 3. The van der Waals surface area contributed by atoms with Crippen LogP contribution in [-0.2, 0) is 9.59 Å². The molecule has 3 amide bonds. The second kappa shape index (κ2) is 9.89. The summed E-state index contributed by atoms with van der Waals surface area (Å²) in [4.78, 5) is 36.4. The summed E-state index contributed by atoms with van der Waals surface area (Å²) in [5.41, 5.74) is 0.609. The van der Waals surface area contributed by atoms with Crippen molar-refractivity contribution in [3.05, 3.63) is 30.3 Å². The molecule has 1 unspecified atom stereocenters. The molecule has 7 nitrogen and oxygen atoms in total. The predicted octanol–water partition coefficient (Wildman–Crippen LogP) is 1.94. The number of nitrogens with zero attached hydrogens (tertiary/aromatic N) is 1. The van der Waals surface area contributed by atoms with E-state index in [1.165, 1.54) is 0 Å². The molecule has 0 bridgehead atoms. The van der Waals surface area contributed by atoms with Crippen molar-refractivity contribution in [1.29, 1.82) is 0 Å². The summed E-state index contributed by atoms with van der Waals surface area (Å²) in [6, 6.07) is 8.28. The summed E-state index contributed by atoms with van der Waals surface area (Å²) in [5.74, 6) is -1.54. The second-order valence-corrected chi connectivity index (χ2v) is 5.60. The molecule has 132 valence electrons. The van der Waals surface area contributed by atoms with Crippen molar-refractivity contribution in [2.45, 2.75) is 19.3 Å². The van der Waals surface area contributed by atoms with E-state index in [0.717, 1.165) is 13.0 Å². The van der Waals surface area contributed by atoms with Gasteiger partial charge in [0.1, 0.15) is 0 Å². The number of para-hydroxylation sites is 1. The number of amides is 3. The monoisotopic (exact) mass is 355 g/mol. The number of rotatable bonds is 5. The Bertz CT molecular complexity index is 568. The van der Waals surface area contributed by atoms with Gasteiger partial charge in [0.2, 0.25) is 5.91 Å². The number of urea groups is 1. The zero-order valence-electron chi connectivity index (χ0n) is 13.2. The van der Waals surface area contributed by atoms with Gasteiger partial charge in [-0.2, -0.15) is 0 Å². The molecule has 1 heterocycles. The lowest BCUT2D eigenvalue weighted by atomic mass is 9.98. The number of piperidine rings is 1. The number of halogens is 1. The first-order chi connectivity index (χ1) is 11.0. The maximum absolute atomic E-state index is 11.8. The first-order valence-corrected chi connectivity index (χ1v) is 7.65. The third-order valence-electron chi connectivity index (χ3n) is 3.79. The van der Waals surface area contributed by atoms with Crippen LogP contribution in [0.1, 0.15) is 19.3 Å². The molecule has 0 aliphatic carbocycles. The van der Waals surface area contributed by atoms with Crippen LogP contribution in [0, 0.1) is 5.92 Å². The van der Waals surface area contributed by atoms with E-state index < -0.39 is 12.0 Å². The van der Waals surface area contributed by atoms with Crippen molar-refractivity contribution in [2.75, 3.05) is 25.0 Å². The Hall–Kier alpha value is -2.12. The molecule has 24 heavy (non-hydrogen) atoms. The molecule has 1 aromatic rings. The summed E-state index contributed by atoms with van der Waals surface area (Å²) in [6.07, 6.45) is 1.65. The number of nitrogens with one attached hydrogen (secondary N) is 2. The summed E-state index contributed by atoms with van der Waals surface area (Å²) >= 11 is 0. The number of anilines is 1. The van der Waals surface area contributed by atoms with Crippen LogP contribution < -0.4 is 10.6 Å². The predicted molar refractivity (Wildman–Crippen MR) is 92.3 cm³/mol. The Morgan fingerprint density at radius 1 is 1.21 bits per heavy atom. The third-order valence-corrected chi connectivity index (χ3v) is 3.79. The number of imide groups is 1. The highest BCUT2D eigenvalue weighted by atomic mass is 35.5. The number of carboxylic acids is 1. The minimum Gasteiger partial charge on any atom is -0.481 e. The molecule has 1 aliphatic heterocycles. The standard InChI is InChI=1S/C16H21N3O4.ClH/c20-14(18-16(23)17-13-6-2-1-3-7-13)8-10-19-9-4-5-12(11-19)15(21)22;/h1-3,6-7,12H,4-5,8-11H2,(H,21,22)(H2,17,18,20,23);1H. The van der Waals surface area contributed by atoms with Crippen LogP contribution in [0.25, 0.3) is 0 Å². The number of carbonyl (C=O) groups excluding carboxylic acids is 2. The van der Waals surface area contributed by atoms with Gasteiger partial charge in [0.25, 0.3) is 0 Å². The number of carboxylic acid groups (broad SMARTS) is 1. The van der Waals surface area contributed by atoms with Gasteiger partial charge >= 0.3 is 12.0 Å². The molecule has 2 rings (SSSR count). The number of carbonyl (C=O) groups is 3. The molecular formula is C16H22ClN3O4. The molecule has 0 saturated carbocycles. The summed E-state index contributed by atoms with van der Waals surface area (Å²) in [6.45, 7) is 1.69. The fourth-order valence-electron chi connectivity index (χ4n) is 2.59. The zero-order chi connectivity index (χ0) is 16.7. The zero-order valence-corrected chi connectivity index (χ0v) is 14.1. The van der Waals surface area contributed by atoms with Gasteiger partial charge in [0.15, 0.2) is 0 Å². The van der Waals surface area contributed by atoms with Crippen molar-refractivity contribution in [3.8, 4) is 0 Å². The molecule has 8 heteroatoms. The molecule has 1 aliphatic rings. The third kappa shape index (κ3) is 6.55. The largest absolute Gasteiger partial charge is 0.481 e. The second-order valence-electron chi connectivity index (χ2n) is 5.60. The maximum atomic E-state index is 11.8. The Morgan fingerprint density at radius 2 is 1.92 bits per heavy atom. The minimum atomic E-state index is -0.790. The van der Waals surface area contributed by atoms with Crippen molar-refractivity contribution in [2.24, 2.45) is 5.92 Å². The van der Waals surface area contributed by atoms with Gasteiger partial charge in [-0.05, 0) is 31.5 Å². The molecular weight excluding hydrogens is 334 g/mol. The molecule has 1 aromatic carbocycles. The Morgan fingerprint density at radius 3 is 2.58 bits per heavy atom. The van der Waals surface area contributed by atoms with Crippen molar-refractivity contribution in [1.82, 2.24) is 10.2 Å². The van der Waals surface area contributed by atoms with Crippen LogP contribution in [0.5, 0.6) is 0 Å². The van der Waals surface area contributed by atoms with Crippen LogP contribution in [-0.4, -0.2) is 47.5 Å². The number of aliphatic carboxylic acids is 1. The highest BCUT2D eigenvalue weighted by Gasteiger charge is 2.25. The van der Waals surface area contributed by atoms with Gasteiger partial charge in [0, 0.05) is 25.2 Å². The van der Waals surface area contributed by atoms with Crippen molar-refractivity contribution >= 4 is 36.0 Å². The first-order valence-electron chi connectivity index (χ1n) is 7.65. The molecule has 1 atom stereocenters. The summed E-state index contributed by atoms with van der Waals surface area (Å²) < 4.78 is 0. The average Bonchev–Trinajstić information content (AvgIpc) is 2.54. The average molecular weight is 356 g/mol. The van der Waals surface area contributed by atoms with Crippen molar-refractivity contribution < 1.29 is 19.5 Å². The lowest BCUT2D eigenvalue weighted by Crippen LogP contribution is -2.41. The van der Waals surface area contributed by atoms with E-state index in [4.69, 9.17) is 5.11 Å². The highest BCUT2D eigenvalue weighted by Crippen LogP contribution is 2.16. The Kier molecular flexibility index (Phi) is 8.21. The number of benzene rings is 1. The number of likely N-dealkylation sites (tertiary alicyclic amines) is 1. The quantitative estimate of drug-likeness (QED) is 0.749. The topological polar surface area (TPSA) is 98.7 Å². The molecule has 1 saturated heterocycles. The van der Waals surface area contributed by atoms with E-state index in [0.29, 0.717) is 25.2 Å². The number of hydrogen-bond acceptors (Lipinski definition) is 4. The van der Waals surface area contributed by atoms with Crippen LogP contribution in [0.2, 0.25) is 0 Å². The molecule has 0 aromatic heterocycles. The van der Waals surface area contributed by atoms with Gasteiger partial charge in [-0.25, -0.2) is 4.79 Å². The van der Waals surface area contributed by atoms with Crippen LogP contribution in [0.3, 0.4) is 0 Å². The van der Waals surface area contributed by atoms with E-state index >= 15 is 0 Å². The molecule has 0 radical (unpaired) electrons. The van der Waals surface area contributed by atoms with E-state index in [-0.39, 0.29) is 30.7 Å². The van der Waals surface area contributed by atoms with Gasteiger partial charge < -0.3 is 15.3 Å². The maximum Gasteiger partial charge on any atom is 0.325 e. The van der Waals surface area contributed by atoms with E-state index in [9.17, 15) is 14.4 Å². The molecule has 1 fully saturated rings. The minimum absolute atomic E-state index is 0.